The number of nitrogens with zero attached hydrogens (tertiary/aromatic N) is 3. The van der Waals surface area contributed by atoms with Crippen LogP contribution in [0.15, 0.2) is 113 Å². The average molecular weight is 470 g/mol. The van der Waals surface area contributed by atoms with Gasteiger partial charge >= 0.3 is 0 Å². The summed E-state index contributed by atoms with van der Waals surface area (Å²) in [7, 11) is 0. The van der Waals surface area contributed by atoms with E-state index in [4.69, 9.17) is 4.74 Å². The summed E-state index contributed by atoms with van der Waals surface area (Å²) in [5.41, 5.74) is 1.39. The van der Waals surface area contributed by atoms with E-state index in [9.17, 15) is 14.9 Å². The van der Waals surface area contributed by atoms with E-state index >= 15 is 0 Å². The van der Waals surface area contributed by atoms with E-state index in [0.717, 1.165) is 10.5 Å². The van der Waals surface area contributed by atoms with E-state index < -0.39 is 17.1 Å². The molecule has 0 bridgehead atoms. The summed E-state index contributed by atoms with van der Waals surface area (Å²) in [4.78, 5) is 31.3. The van der Waals surface area contributed by atoms with Crippen LogP contribution in [-0.4, -0.2) is 21.9 Å². The number of pyridine rings is 1. The third kappa shape index (κ3) is 4.23. The molecule has 0 spiro atoms. The summed E-state index contributed by atoms with van der Waals surface area (Å²) < 4.78 is 6.06. The Morgan fingerprint density at radius 1 is 0.882 bits per heavy atom. The second kappa shape index (κ2) is 9.36. The van der Waals surface area contributed by atoms with E-state index in [0.29, 0.717) is 16.5 Å². The number of carbonyl (C=O) groups is 1. The lowest BCUT2D eigenvalue weighted by molar-refractivity contribution is -0.384. The zero-order valence-electron chi connectivity index (χ0n) is 17.9. The molecule has 0 saturated carbocycles. The van der Waals surface area contributed by atoms with Crippen LogP contribution in [0.5, 0.6) is 5.75 Å². The maximum Gasteiger partial charge on any atom is 0.271 e. The van der Waals surface area contributed by atoms with Gasteiger partial charge in [0.1, 0.15) is 16.8 Å². The highest BCUT2D eigenvalue weighted by Crippen LogP contribution is 2.45. The molecular formula is C26H19N3O4S. The van der Waals surface area contributed by atoms with Crippen LogP contribution in [0.2, 0.25) is 0 Å². The molecule has 1 aromatic heterocycles. The normalized spacial score (nSPS) is 17.2. The molecule has 7 nitrogen and oxygen atoms in total. The molecule has 168 valence electrons. The van der Waals surface area contributed by atoms with Crippen molar-refractivity contribution in [3.63, 3.8) is 0 Å². The van der Waals surface area contributed by atoms with Gasteiger partial charge in [0.25, 0.3) is 11.6 Å². The van der Waals surface area contributed by atoms with Crippen LogP contribution >= 0.6 is 11.8 Å². The minimum atomic E-state index is -0.765. The number of rotatable bonds is 7. The Labute approximate surface area is 200 Å². The third-order valence-corrected chi connectivity index (χ3v) is 6.48. The molecule has 8 heteroatoms. The molecule has 1 fully saturated rings. The number of para-hydroxylation sites is 1. The number of hydrogen-bond donors (Lipinski definition) is 0. The fourth-order valence-electron chi connectivity index (χ4n) is 3.85. The van der Waals surface area contributed by atoms with Gasteiger partial charge in [0, 0.05) is 23.2 Å². The maximum atomic E-state index is 13.4. The number of carbonyl (C=O) groups excluding carboxylic acids is 1. The van der Waals surface area contributed by atoms with Crippen molar-refractivity contribution in [1.29, 1.82) is 0 Å². The average Bonchev–Trinajstić information content (AvgIpc) is 2.88. The Morgan fingerprint density at radius 2 is 1.56 bits per heavy atom. The molecule has 1 saturated heterocycles. The third-order valence-electron chi connectivity index (χ3n) is 5.47. The van der Waals surface area contributed by atoms with Crippen molar-refractivity contribution in [3.05, 3.63) is 119 Å². The lowest BCUT2D eigenvalue weighted by Crippen LogP contribution is -2.61. The van der Waals surface area contributed by atoms with Crippen molar-refractivity contribution >= 4 is 29.0 Å². The van der Waals surface area contributed by atoms with Crippen molar-refractivity contribution in [2.24, 2.45) is 0 Å². The Kier molecular flexibility index (Phi) is 5.97. The molecule has 2 heterocycles. The first kappa shape index (κ1) is 21.7. The summed E-state index contributed by atoms with van der Waals surface area (Å²) in [6, 6.07) is 28.4. The standard InChI is InChI=1S/C26H19N3O4S/c30-26-24(33-20-8-3-1-4-9-20)23(18-13-15-19(16-14-18)29(31)32)28(26)22-12-7-17-27-25(22)34-21-10-5-2-6-11-21/h1-17,23-24H. The van der Waals surface area contributed by atoms with Crippen molar-refractivity contribution in [2.45, 2.75) is 22.1 Å². The Balaban J connectivity index is 1.52. The van der Waals surface area contributed by atoms with Gasteiger partial charge in [-0.1, -0.05) is 48.2 Å². The quantitative estimate of drug-likeness (QED) is 0.197. The van der Waals surface area contributed by atoms with E-state index in [2.05, 4.69) is 4.98 Å². The van der Waals surface area contributed by atoms with Crippen molar-refractivity contribution in [3.8, 4) is 5.75 Å². The molecule has 34 heavy (non-hydrogen) atoms. The molecule has 1 aliphatic rings. The minimum absolute atomic E-state index is 0.0109. The molecule has 0 radical (unpaired) electrons. The zero-order valence-corrected chi connectivity index (χ0v) is 18.7. The lowest BCUT2D eigenvalue weighted by atomic mass is 9.89. The second-order valence-corrected chi connectivity index (χ2v) is 8.66. The van der Waals surface area contributed by atoms with Crippen LogP contribution in [0, 0.1) is 10.1 Å². The Bertz CT molecular complexity index is 1320. The number of ether oxygens (including phenoxy) is 1. The number of nitro benzene ring substituents is 1. The van der Waals surface area contributed by atoms with Crippen LogP contribution in [0.3, 0.4) is 0 Å². The highest BCUT2D eigenvalue weighted by molar-refractivity contribution is 7.99. The number of nitro groups is 1. The molecule has 1 aliphatic heterocycles. The van der Waals surface area contributed by atoms with E-state index in [1.165, 1.54) is 23.9 Å². The van der Waals surface area contributed by atoms with Crippen molar-refractivity contribution in [1.82, 2.24) is 4.98 Å². The van der Waals surface area contributed by atoms with Crippen LogP contribution in [0.25, 0.3) is 0 Å². The lowest BCUT2D eigenvalue weighted by Gasteiger charge is -2.46. The smallest absolute Gasteiger partial charge is 0.271 e. The van der Waals surface area contributed by atoms with Gasteiger partial charge in [0.2, 0.25) is 6.10 Å². The molecular weight excluding hydrogens is 450 g/mol. The van der Waals surface area contributed by atoms with Gasteiger partial charge in [-0.2, -0.15) is 0 Å². The first-order chi connectivity index (χ1) is 16.6. The van der Waals surface area contributed by atoms with Crippen molar-refractivity contribution < 1.29 is 14.5 Å². The minimum Gasteiger partial charge on any atom is -0.478 e. The Hall–Kier alpha value is -4.17. The van der Waals surface area contributed by atoms with Gasteiger partial charge in [-0.05, 0) is 54.1 Å². The number of benzene rings is 3. The van der Waals surface area contributed by atoms with Gasteiger partial charge in [-0.25, -0.2) is 4.98 Å². The number of hydrogen-bond acceptors (Lipinski definition) is 6. The van der Waals surface area contributed by atoms with Gasteiger partial charge in [0.15, 0.2) is 0 Å². The predicted octanol–water partition coefficient (Wildman–Crippen LogP) is 5.68. The summed E-state index contributed by atoms with van der Waals surface area (Å²) in [5.74, 6) is 0.382. The van der Waals surface area contributed by atoms with E-state index in [-0.39, 0.29) is 11.6 Å². The number of anilines is 1. The molecule has 0 aliphatic carbocycles. The van der Waals surface area contributed by atoms with Crippen LogP contribution in [0.1, 0.15) is 11.6 Å². The first-order valence-corrected chi connectivity index (χ1v) is 11.4. The SMILES string of the molecule is O=C1C(Oc2ccccc2)C(c2ccc([N+](=O)[O-])cc2)N1c1cccnc1Sc1ccccc1. The van der Waals surface area contributed by atoms with Gasteiger partial charge < -0.3 is 4.74 Å². The highest BCUT2D eigenvalue weighted by atomic mass is 32.2. The summed E-state index contributed by atoms with van der Waals surface area (Å²) >= 11 is 1.47. The number of non-ortho nitro benzene ring substituents is 1. The molecule has 2 atom stereocenters. The first-order valence-electron chi connectivity index (χ1n) is 10.6. The molecule has 3 aromatic carbocycles. The maximum absolute atomic E-state index is 13.4. The fourth-order valence-corrected chi connectivity index (χ4v) is 4.75. The molecule has 5 rings (SSSR count). The van der Waals surface area contributed by atoms with Crippen LogP contribution < -0.4 is 9.64 Å². The Morgan fingerprint density at radius 3 is 2.24 bits per heavy atom. The second-order valence-electron chi connectivity index (χ2n) is 7.60. The van der Waals surface area contributed by atoms with E-state index in [1.54, 1.807) is 41.4 Å². The summed E-state index contributed by atoms with van der Waals surface area (Å²) in [6.07, 6.45) is 0.927. The number of β-lactam (4-membered cyclic amide) rings is 1. The zero-order chi connectivity index (χ0) is 23.5. The number of amides is 1. The summed E-state index contributed by atoms with van der Waals surface area (Å²) in [6.45, 7) is 0. The van der Waals surface area contributed by atoms with Gasteiger partial charge in [-0.3, -0.25) is 19.8 Å². The molecule has 1 amide bonds. The van der Waals surface area contributed by atoms with Crippen LogP contribution in [-0.2, 0) is 4.79 Å². The van der Waals surface area contributed by atoms with Crippen LogP contribution in [0.4, 0.5) is 11.4 Å². The molecule has 0 N–H and O–H groups in total. The predicted molar refractivity (Wildman–Crippen MR) is 129 cm³/mol. The fraction of sp³-hybridized carbons (Fsp3) is 0.0769. The highest BCUT2D eigenvalue weighted by Gasteiger charge is 2.52. The van der Waals surface area contributed by atoms with Gasteiger partial charge in [0.05, 0.1) is 10.6 Å². The number of aromatic nitrogens is 1. The van der Waals surface area contributed by atoms with Crippen molar-refractivity contribution in [2.75, 3.05) is 4.90 Å². The topological polar surface area (TPSA) is 85.6 Å². The molecule has 4 aromatic rings. The molecule has 2 unspecified atom stereocenters. The summed E-state index contributed by atoms with van der Waals surface area (Å²) in [5, 5.41) is 11.8. The van der Waals surface area contributed by atoms with Gasteiger partial charge in [-0.15, -0.1) is 0 Å². The van der Waals surface area contributed by atoms with E-state index in [1.807, 2.05) is 54.6 Å². The monoisotopic (exact) mass is 469 g/mol. The largest absolute Gasteiger partial charge is 0.478 e.